The summed E-state index contributed by atoms with van der Waals surface area (Å²) in [6, 6.07) is 3.70. The van der Waals surface area contributed by atoms with Crippen molar-refractivity contribution in [3.05, 3.63) is 34.6 Å². The summed E-state index contributed by atoms with van der Waals surface area (Å²) in [5.74, 6) is -0.634. The van der Waals surface area contributed by atoms with E-state index in [0.717, 1.165) is 29.1 Å². The van der Waals surface area contributed by atoms with Gasteiger partial charge in [-0.2, -0.15) is 0 Å². The predicted molar refractivity (Wildman–Crippen MR) is 98.3 cm³/mol. The molecule has 2 aromatic heterocycles. The monoisotopic (exact) mass is 374 g/mol. The van der Waals surface area contributed by atoms with Crippen LogP contribution < -0.4 is 16.0 Å². The Morgan fingerprint density at radius 3 is 3.08 bits per heavy atom. The van der Waals surface area contributed by atoms with E-state index in [1.54, 1.807) is 11.1 Å². The second-order valence-corrected chi connectivity index (χ2v) is 7.25. The molecule has 8 nitrogen and oxygen atoms in total. The first-order valence-corrected chi connectivity index (χ1v) is 9.46. The van der Waals surface area contributed by atoms with Crippen molar-refractivity contribution in [3.8, 4) is 0 Å². The van der Waals surface area contributed by atoms with Crippen LogP contribution >= 0.6 is 11.3 Å². The van der Waals surface area contributed by atoms with E-state index in [-0.39, 0.29) is 18.2 Å². The van der Waals surface area contributed by atoms with E-state index in [0.29, 0.717) is 24.8 Å². The van der Waals surface area contributed by atoms with Crippen LogP contribution in [0.2, 0.25) is 0 Å². The van der Waals surface area contributed by atoms with Crippen molar-refractivity contribution in [2.24, 2.45) is 11.7 Å². The van der Waals surface area contributed by atoms with Gasteiger partial charge in [-0.15, -0.1) is 10.2 Å². The predicted octanol–water partition coefficient (Wildman–Crippen LogP) is 1.01. The number of hydrogen-bond donors (Lipinski definition) is 2. The Kier molecular flexibility index (Phi) is 5.89. The third-order valence-electron chi connectivity index (χ3n) is 4.21. The van der Waals surface area contributed by atoms with Gasteiger partial charge in [-0.3, -0.25) is 19.5 Å². The van der Waals surface area contributed by atoms with Gasteiger partial charge >= 0.3 is 0 Å². The zero-order valence-electron chi connectivity index (χ0n) is 14.6. The van der Waals surface area contributed by atoms with Crippen molar-refractivity contribution in [3.63, 3.8) is 0 Å². The fourth-order valence-electron chi connectivity index (χ4n) is 2.81. The molecule has 3 heterocycles. The van der Waals surface area contributed by atoms with Crippen molar-refractivity contribution < 1.29 is 9.59 Å². The van der Waals surface area contributed by atoms with Crippen molar-refractivity contribution >= 4 is 28.3 Å². The molecule has 0 saturated carbocycles. The van der Waals surface area contributed by atoms with E-state index in [4.69, 9.17) is 5.73 Å². The minimum atomic E-state index is -0.390. The molecule has 138 valence electrons. The molecular formula is C17H22N6O2S. The van der Waals surface area contributed by atoms with Crippen LogP contribution in [0.5, 0.6) is 0 Å². The van der Waals surface area contributed by atoms with E-state index in [1.165, 1.54) is 11.3 Å². The number of nitrogens with two attached hydrogens (primary N) is 1. The molecule has 26 heavy (non-hydrogen) atoms. The van der Waals surface area contributed by atoms with Crippen molar-refractivity contribution in [1.82, 2.24) is 20.5 Å². The van der Waals surface area contributed by atoms with Gasteiger partial charge in [-0.1, -0.05) is 18.3 Å². The maximum atomic E-state index is 12.4. The first kappa shape index (κ1) is 18.4. The highest BCUT2D eigenvalue weighted by atomic mass is 32.1. The Morgan fingerprint density at radius 2 is 2.31 bits per heavy atom. The molecule has 0 spiro atoms. The summed E-state index contributed by atoms with van der Waals surface area (Å²) in [7, 11) is 0. The fourth-order valence-corrected chi connectivity index (χ4v) is 3.78. The number of pyridine rings is 1. The van der Waals surface area contributed by atoms with Gasteiger partial charge in [-0.25, -0.2) is 0 Å². The molecule has 1 fully saturated rings. The van der Waals surface area contributed by atoms with Gasteiger partial charge in [0.05, 0.1) is 18.2 Å². The lowest BCUT2D eigenvalue weighted by Gasteiger charge is -2.12. The number of hydrogen-bond acceptors (Lipinski definition) is 7. The summed E-state index contributed by atoms with van der Waals surface area (Å²) in [5.41, 5.74) is 7.32. The zero-order valence-corrected chi connectivity index (χ0v) is 15.5. The number of nitrogens with zero attached hydrogens (tertiary/aromatic N) is 4. The summed E-state index contributed by atoms with van der Waals surface area (Å²) in [4.78, 5) is 30.5. The standard InChI is InChI=1S/C17H22N6O2S/c1-2-3-14-21-22-17(26-14)23-10-12(7-15(23)24)16(25)20-9-13-6-11(8-18)4-5-19-13/h4-6,12H,2-3,7-10,18H2,1H3,(H,20,25). The van der Waals surface area contributed by atoms with E-state index in [2.05, 4.69) is 27.4 Å². The maximum Gasteiger partial charge on any atom is 0.229 e. The molecule has 1 unspecified atom stereocenters. The summed E-state index contributed by atoms with van der Waals surface area (Å²) in [6.07, 6.45) is 3.68. The topological polar surface area (TPSA) is 114 Å². The summed E-state index contributed by atoms with van der Waals surface area (Å²) in [6.45, 7) is 3.15. The van der Waals surface area contributed by atoms with Gasteiger partial charge in [-0.05, 0) is 24.1 Å². The number of carbonyl (C=O) groups excluding carboxylic acids is 2. The second kappa shape index (κ2) is 8.33. The molecule has 0 aromatic carbocycles. The molecule has 9 heteroatoms. The second-order valence-electron chi connectivity index (χ2n) is 6.21. The molecule has 1 atom stereocenters. The lowest BCUT2D eigenvalue weighted by Crippen LogP contribution is -2.32. The SMILES string of the molecule is CCCc1nnc(N2CC(C(=O)NCc3cc(CN)ccn3)CC2=O)s1. The van der Waals surface area contributed by atoms with Gasteiger partial charge in [0.15, 0.2) is 0 Å². The van der Waals surface area contributed by atoms with Gasteiger partial charge < -0.3 is 11.1 Å². The van der Waals surface area contributed by atoms with Crippen LogP contribution in [0.25, 0.3) is 0 Å². The minimum Gasteiger partial charge on any atom is -0.350 e. The van der Waals surface area contributed by atoms with Crippen LogP contribution in [-0.2, 0) is 29.1 Å². The summed E-state index contributed by atoms with van der Waals surface area (Å²) < 4.78 is 0. The van der Waals surface area contributed by atoms with E-state index < -0.39 is 5.92 Å². The van der Waals surface area contributed by atoms with E-state index in [1.807, 2.05) is 12.1 Å². The number of aromatic nitrogens is 3. The first-order chi connectivity index (χ1) is 12.6. The number of aryl methyl sites for hydroxylation is 1. The smallest absolute Gasteiger partial charge is 0.229 e. The van der Waals surface area contributed by atoms with Crippen LogP contribution in [-0.4, -0.2) is 33.5 Å². The van der Waals surface area contributed by atoms with E-state index in [9.17, 15) is 9.59 Å². The Labute approximate surface area is 155 Å². The highest BCUT2D eigenvalue weighted by Crippen LogP contribution is 2.28. The molecule has 1 saturated heterocycles. The molecule has 3 N–H and O–H groups in total. The molecule has 3 rings (SSSR count). The minimum absolute atomic E-state index is 0.0902. The molecule has 2 amide bonds. The highest BCUT2D eigenvalue weighted by molar-refractivity contribution is 7.15. The normalized spacial score (nSPS) is 16.9. The lowest BCUT2D eigenvalue weighted by atomic mass is 10.1. The third kappa shape index (κ3) is 4.23. The Balaban J connectivity index is 1.57. The van der Waals surface area contributed by atoms with Gasteiger partial charge in [0.25, 0.3) is 0 Å². The molecule has 1 aliphatic heterocycles. The summed E-state index contributed by atoms with van der Waals surface area (Å²) in [5, 5.41) is 12.5. The fraction of sp³-hybridized carbons (Fsp3) is 0.471. The first-order valence-electron chi connectivity index (χ1n) is 8.65. The molecule has 2 aromatic rings. The molecular weight excluding hydrogens is 352 g/mol. The highest BCUT2D eigenvalue weighted by Gasteiger charge is 2.36. The van der Waals surface area contributed by atoms with Crippen LogP contribution in [0.4, 0.5) is 5.13 Å². The zero-order chi connectivity index (χ0) is 18.5. The van der Waals surface area contributed by atoms with Gasteiger partial charge in [0, 0.05) is 32.1 Å². The molecule has 0 bridgehead atoms. The number of nitrogens with one attached hydrogen (secondary N) is 1. The van der Waals surface area contributed by atoms with Gasteiger partial charge in [0.2, 0.25) is 16.9 Å². The Bertz CT molecular complexity index is 793. The maximum absolute atomic E-state index is 12.4. The van der Waals surface area contributed by atoms with Crippen LogP contribution in [0.1, 0.15) is 36.0 Å². The van der Waals surface area contributed by atoms with E-state index >= 15 is 0 Å². The number of anilines is 1. The summed E-state index contributed by atoms with van der Waals surface area (Å²) >= 11 is 1.42. The Morgan fingerprint density at radius 1 is 1.46 bits per heavy atom. The number of rotatable bonds is 7. The van der Waals surface area contributed by atoms with Crippen LogP contribution in [0, 0.1) is 5.92 Å². The average molecular weight is 374 g/mol. The number of amides is 2. The lowest BCUT2D eigenvalue weighted by molar-refractivity contribution is -0.126. The quantitative estimate of drug-likeness (QED) is 0.748. The van der Waals surface area contributed by atoms with Crippen molar-refractivity contribution in [1.29, 1.82) is 0 Å². The molecule has 0 radical (unpaired) electrons. The molecule has 0 aliphatic carbocycles. The number of carbonyl (C=O) groups is 2. The van der Waals surface area contributed by atoms with Crippen molar-refractivity contribution in [2.45, 2.75) is 39.3 Å². The average Bonchev–Trinajstić information content (AvgIpc) is 3.26. The largest absolute Gasteiger partial charge is 0.350 e. The third-order valence-corrected chi connectivity index (χ3v) is 5.21. The van der Waals surface area contributed by atoms with Crippen molar-refractivity contribution in [2.75, 3.05) is 11.4 Å². The van der Waals surface area contributed by atoms with Crippen LogP contribution in [0.15, 0.2) is 18.3 Å². The molecule has 1 aliphatic rings. The Hall–Kier alpha value is -2.39. The van der Waals surface area contributed by atoms with Crippen LogP contribution in [0.3, 0.4) is 0 Å². The van der Waals surface area contributed by atoms with Gasteiger partial charge in [0.1, 0.15) is 5.01 Å².